The molecule has 0 radical (unpaired) electrons. The summed E-state index contributed by atoms with van der Waals surface area (Å²) >= 11 is 0. The molecule has 70 heavy (non-hydrogen) atoms. The molecule has 2 unspecified atom stereocenters. The smallest absolute Gasteiger partial charge is 0.305 e. The van der Waals surface area contributed by atoms with Gasteiger partial charge in [0.25, 0.3) is 0 Å². The van der Waals surface area contributed by atoms with E-state index in [1.165, 1.54) is 295 Å². The van der Waals surface area contributed by atoms with Crippen LogP contribution in [0.25, 0.3) is 0 Å². The normalized spacial score (nSPS) is 12.6. The van der Waals surface area contributed by atoms with Gasteiger partial charge in [0.2, 0.25) is 5.91 Å². The fourth-order valence-electron chi connectivity index (χ4n) is 10.2. The lowest BCUT2D eigenvalue weighted by Crippen LogP contribution is -2.45. The average molecular weight is 989 g/mol. The molecule has 6 nitrogen and oxygen atoms in total. The minimum absolute atomic E-state index is 0.0113. The van der Waals surface area contributed by atoms with E-state index in [0.717, 1.165) is 38.5 Å². The first-order valence-electron chi connectivity index (χ1n) is 32.0. The molecule has 0 heterocycles. The van der Waals surface area contributed by atoms with Gasteiger partial charge in [0.1, 0.15) is 0 Å². The zero-order valence-electron chi connectivity index (χ0n) is 47.5. The van der Waals surface area contributed by atoms with Crippen LogP contribution in [0, 0.1) is 0 Å². The van der Waals surface area contributed by atoms with Gasteiger partial charge in [-0.25, -0.2) is 0 Å². The van der Waals surface area contributed by atoms with Crippen molar-refractivity contribution >= 4 is 11.9 Å². The second-order valence-corrected chi connectivity index (χ2v) is 22.1. The van der Waals surface area contributed by atoms with Gasteiger partial charge in [-0.2, -0.15) is 0 Å². The Bertz CT molecular complexity index is 1050. The summed E-state index contributed by atoms with van der Waals surface area (Å²) in [5.74, 6) is -0.0571. The quantitative estimate of drug-likeness (QED) is 0.0321. The van der Waals surface area contributed by atoms with Crippen LogP contribution in [0.2, 0.25) is 0 Å². The van der Waals surface area contributed by atoms with Crippen molar-refractivity contribution in [2.24, 2.45) is 0 Å². The number of hydrogen-bond donors (Lipinski definition) is 3. The fourth-order valence-corrected chi connectivity index (χ4v) is 10.2. The monoisotopic (exact) mass is 988 g/mol. The van der Waals surface area contributed by atoms with Gasteiger partial charge in [0.05, 0.1) is 25.4 Å². The largest absolute Gasteiger partial charge is 0.466 e. The lowest BCUT2D eigenvalue weighted by Gasteiger charge is -2.20. The Hall–Kier alpha value is -1.40. The van der Waals surface area contributed by atoms with Gasteiger partial charge in [0.15, 0.2) is 0 Å². The number of ether oxygens (including phenoxy) is 1. The summed E-state index contributed by atoms with van der Waals surface area (Å²) in [6.07, 6.45) is 72.5. The van der Waals surface area contributed by atoms with Crippen molar-refractivity contribution in [3.63, 3.8) is 0 Å². The van der Waals surface area contributed by atoms with E-state index in [0.29, 0.717) is 19.4 Å². The van der Waals surface area contributed by atoms with E-state index in [-0.39, 0.29) is 18.5 Å². The van der Waals surface area contributed by atoms with Gasteiger partial charge >= 0.3 is 5.97 Å². The lowest BCUT2D eigenvalue weighted by atomic mass is 10.0. The number of hydrogen-bond acceptors (Lipinski definition) is 5. The molecule has 0 rings (SSSR count). The van der Waals surface area contributed by atoms with Crippen molar-refractivity contribution in [1.82, 2.24) is 5.32 Å². The number of carbonyl (C=O) groups is 2. The van der Waals surface area contributed by atoms with Gasteiger partial charge in [-0.05, 0) is 32.1 Å². The highest BCUT2D eigenvalue weighted by Gasteiger charge is 2.18. The molecule has 2 atom stereocenters. The highest BCUT2D eigenvalue weighted by molar-refractivity contribution is 5.76. The molecule has 1 amide bonds. The lowest BCUT2D eigenvalue weighted by molar-refractivity contribution is -0.143. The number of aliphatic hydroxyl groups excluding tert-OH is 2. The van der Waals surface area contributed by atoms with E-state index in [9.17, 15) is 19.8 Å². The van der Waals surface area contributed by atoms with E-state index in [1.54, 1.807) is 6.08 Å². The average Bonchev–Trinajstić information content (AvgIpc) is 3.36. The molecule has 6 heteroatoms. The molecule has 416 valence electrons. The first-order chi connectivity index (χ1) is 34.5. The van der Waals surface area contributed by atoms with E-state index < -0.39 is 12.1 Å². The van der Waals surface area contributed by atoms with Crippen molar-refractivity contribution in [2.75, 3.05) is 13.2 Å². The molecule has 0 aliphatic carbocycles. The summed E-state index contributed by atoms with van der Waals surface area (Å²) in [7, 11) is 0. The molecule has 0 aliphatic rings. The van der Waals surface area contributed by atoms with Crippen LogP contribution in [-0.2, 0) is 14.3 Å². The summed E-state index contributed by atoms with van der Waals surface area (Å²) < 4.78 is 5.50. The summed E-state index contributed by atoms with van der Waals surface area (Å²) in [5.41, 5.74) is 0. The highest BCUT2D eigenvalue weighted by atomic mass is 16.5. The molecule has 0 aromatic heterocycles. The van der Waals surface area contributed by atoms with Crippen LogP contribution in [0.3, 0.4) is 0 Å². The van der Waals surface area contributed by atoms with Crippen molar-refractivity contribution in [1.29, 1.82) is 0 Å². The maximum absolute atomic E-state index is 12.5. The second-order valence-electron chi connectivity index (χ2n) is 22.1. The molecular weight excluding hydrogens is 863 g/mol. The van der Waals surface area contributed by atoms with Crippen LogP contribution in [0.15, 0.2) is 12.2 Å². The van der Waals surface area contributed by atoms with Crippen molar-refractivity contribution < 1.29 is 24.5 Å². The van der Waals surface area contributed by atoms with Gasteiger partial charge in [0, 0.05) is 12.8 Å². The molecule has 0 saturated heterocycles. The van der Waals surface area contributed by atoms with Gasteiger partial charge in [-0.3, -0.25) is 9.59 Å². The van der Waals surface area contributed by atoms with Crippen LogP contribution in [0.1, 0.15) is 361 Å². The molecular formula is C64H125NO5. The zero-order chi connectivity index (χ0) is 50.7. The molecule has 3 N–H and O–H groups in total. The number of allylic oxidation sites excluding steroid dienone is 1. The minimum atomic E-state index is -0.847. The highest BCUT2D eigenvalue weighted by Crippen LogP contribution is 2.18. The summed E-state index contributed by atoms with van der Waals surface area (Å²) in [5, 5.41) is 23.2. The number of carbonyl (C=O) groups excluding carboxylic acids is 2. The summed E-state index contributed by atoms with van der Waals surface area (Å²) in [6, 6.07) is -0.630. The Morgan fingerprint density at radius 1 is 0.386 bits per heavy atom. The standard InChI is InChI=1S/C64H125NO5/c1-3-5-7-9-11-13-15-17-19-21-25-28-32-36-40-44-48-52-56-62(67)61(60-66)65-63(68)57-53-49-45-41-37-33-29-26-22-23-27-31-35-39-43-47-51-55-59-70-64(69)58-54-50-46-42-38-34-30-24-20-18-16-14-12-10-8-6-4-2/h52,56,61-62,66-67H,3-51,53-55,57-60H2,1-2H3,(H,65,68)/b56-52+. The zero-order valence-corrected chi connectivity index (χ0v) is 47.5. The predicted octanol–water partition coefficient (Wildman–Crippen LogP) is 20.0. The van der Waals surface area contributed by atoms with Crippen molar-refractivity contribution in [3.05, 3.63) is 12.2 Å². The Morgan fingerprint density at radius 2 is 0.657 bits per heavy atom. The molecule has 0 saturated carbocycles. The van der Waals surface area contributed by atoms with Gasteiger partial charge in [-0.15, -0.1) is 0 Å². The molecule has 0 spiro atoms. The minimum Gasteiger partial charge on any atom is -0.466 e. The third-order valence-electron chi connectivity index (χ3n) is 15.1. The van der Waals surface area contributed by atoms with E-state index in [2.05, 4.69) is 19.2 Å². The maximum atomic E-state index is 12.5. The number of amides is 1. The van der Waals surface area contributed by atoms with Crippen LogP contribution in [0.5, 0.6) is 0 Å². The second kappa shape index (κ2) is 60.2. The SMILES string of the molecule is CCCCCCCCCCCCCCCCCC/C=C/C(O)C(CO)NC(=O)CCCCCCCCCCCCCCCCCCCCOC(=O)CCCCCCCCCCCCCCCCCCC. The first kappa shape index (κ1) is 68.6. The molecule has 0 fully saturated rings. The maximum Gasteiger partial charge on any atom is 0.305 e. The van der Waals surface area contributed by atoms with Crippen molar-refractivity contribution in [2.45, 2.75) is 373 Å². The fraction of sp³-hybridized carbons (Fsp3) is 0.938. The van der Waals surface area contributed by atoms with Crippen LogP contribution in [0.4, 0.5) is 0 Å². The molecule has 0 aromatic carbocycles. The van der Waals surface area contributed by atoms with Crippen LogP contribution in [-0.4, -0.2) is 47.4 Å². The number of aliphatic hydroxyl groups is 2. The number of nitrogens with one attached hydrogen (secondary N) is 1. The number of unbranched alkanes of at least 4 members (excludes halogenated alkanes) is 49. The molecule has 0 aliphatic heterocycles. The Balaban J connectivity index is 3.41. The number of rotatable bonds is 60. The Morgan fingerprint density at radius 3 is 0.971 bits per heavy atom. The third-order valence-corrected chi connectivity index (χ3v) is 15.1. The van der Waals surface area contributed by atoms with Gasteiger partial charge in [-0.1, -0.05) is 328 Å². The molecule has 0 bridgehead atoms. The first-order valence-corrected chi connectivity index (χ1v) is 32.0. The Kier molecular flexibility index (Phi) is 59.0. The summed E-state index contributed by atoms with van der Waals surface area (Å²) in [6.45, 7) is 4.93. The van der Waals surface area contributed by atoms with Gasteiger partial charge < -0.3 is 20.3 Å². The predicted molar refractivity (Wildman–Crippen MR) is 306 cm³/mol. The van der Waals surface area contributed by atoms with E-state index in [1.807, 2.05) is 6.08 Å². The number of esters is 1. The topological polar surface area (TPSA) is 95.9 Å². The molecule has 0 aromatic rings. The Labute approximate surface area is 438 Å². The van der Waals surface area contributed by atoms with Crippen molar-refractivity contribution in [3.8, 4) is 0 Å². The van der Waals surface area contributed by atoms with Crippen LogP contribution >= 0.6 is 0 Å². The van der Waals surface area contributed by atoms with E-state index in [4.69, 9.17) is 4.74 Å². The third kappa shape index (κ3) is 55.9. The van der Waals surface area contributed by atoms with E-state index >= 15 is 0 Å². The van der Waals surface area contributed by atoms with Crippen LogP contribution < -0.4 is 5.32 Å². The summed E-state index contributed by atoms with van der Waals surface area (Å²) in [4.78, 5) is 24.6.